The van der Waals surface area contributed by atoms with Crippen LogP contribution in [0, 0.1) is 17.6 Å². The van der Waals surface area contributed by atoms with Crippen molar-refractivity contribution in [2.75, 3.05) is 14.1 Å². The van der Waals surface area contributed by atoms with Gasteiger partial charge in [-0.2, -0.15) is 0 Å². The summed E-state index contributed by atoms with van der Waals surface area (Å²) in [6.07, 6.45) is 4.01. The second kappa shape index (κ2) is 6.22. The van der Waals surface area contributed by atoms with Gasteiger partial charge >= 0.3 is 0 Å². The van der Waals surface area contributed by atoms with Crippen molar-refractivity contribution >= 4 is 5.78 Å². The van der Waals surface area contributed by atoms with Crippen molar-refractivity contribution in [3.63, 3.8) is 0 Å². The molecule has 1 aromatic carbocycles. The van der Waals surface area contributed by atoms with E-state index in [4.69, 9.17) is 0 Å². The van der Waals surface area contributed by atoms with E-state index in [1.165, 1.54) is 6.07 Å². The summed E-state index contributed by atoms with van der Waals surface area (Å²) in [5.74, 6) is -1.16. The normalized spacial score (nSPS) is 26.1. The van der Waals surface area contributed by atoms with Crippen LogP contribution in [0.25, 0.3) is 0 Å². The van der Waals surface area contributed by atoms with Gasteiger partial charge in [-0.25, -0.2) is 8.78 Å². The summed E-state index contributed by atoms with van der Waals surface area (Å²) in [4.78, 5) is 14.8. The molecule has 0 N–H and O–H groups in total. The average molecular weight is 295 g/mol. The Labute approximate surface area is 125 Å². The smallest absolute Gasteiger partial charge is 0.159 e. The fraction of sp³-hybridized carbons (Fsp3) is 0.588. The summed E-state index contributed by atoms with van der Waals surface area (Å²) in [5.41, 5.74) is 0.0704. The SMILES string of the molecule is CC1CCCC(C(=O)Cc2ccc(F)c(F)c2)(N(C)C)C1. The molecule has 116 valence electrons. The van der Waals surface area contributed by atoms with Crippen LogP contribution in [0.2, 0.25) is 0 Å². The van der Waals surface area contributed by atoms with Crippen molar-refractivity contribution in [3.05, 3.63) is 35.4 Å². The van der Waals surface area contributed by atoms with Crippen LogP contribution in [0.15, 0.2) is 18.2 Å². The van der Waals surface area contributed by atoms with Crippen molar-refractivity contribution in [1.82, 2.24) is 4.90 Å². The molecule has 0 bridgehead atoms. The Morgan fingerprint density at radius 3 is 2.62 bits per heavy atom. The highest BCUT2D eigenvalue weighted by Gasteiger charge is 2.42. The summed E-state index contributed by atoms with van der Waals surface area (Å²) in [5, 5.41) is 0. The van der Waals surface area contributed by atoms with E-state index in [9.17, 15) is 13.6 Å². The van der Waals surface area contributed by atoms with E-state index < -0.39 is 17.2 Å². The molecule has 0 aliphatic heterocycles. The maximum atomic E-state index is 13.3. The topological polar surface area (TPSA) is 20.3 Å². The Bertz CT molecular complexity index is 530. The van der Waals surface area contributed by atoms with Crippen molar-refractivity contribution in [2.24, 2.45) is 5.92 Å². The first-order valence-corrected chi connectivity index (χ1v) is 7.50. The summed E-state index contributed by atoms with van der Waals surface area (Å²) >= 11 is 0. The van der Waals surface area contributed by atoms with Gasteiger partial charge in [0, 0.05) is 6.42 Å². The van der Waals surface area contributed by atoms with E-state index in [-0.39, 0.29) is 12.2 Å². The molecule has 0 saturated heterocycles. The number of benzene rings is 1. The van der Waals surface area contributed by atoms with Crippen LogP contribution in [0.5, 0.6) is 0 Å². The molecule has 21 heavy (non-hydrogen) atoms. The van der Waals surface area contributed by atoms with Crippen LogP contribution in [0.3, 0.4) is 0 Å². The molecule has 4 heteroatoms. The van der Waals surface area contributed by atoms with Gasteiger partial charge < -0.3 is 0 Å². The number of ketones is 1. The molecule has 2 atom stereocenters. The highest BCUT2D eigenvalue weighted by Crippen LogP contribution is 2.37. The number of hydrogen-bond donors (Lipinski definition) is 0. The number of halogens is 2. The molecule has 2 nitrogen and oxygen atoms in total. The lowest BCUT2D eigenvalue weighted by molar-refractivity contribution is -0.132. The van der Waals surface area contributed by atoms with Gasteiger partial charge in [-0.3, -0.25) is 9.69 Å². The van der Waals surface area contributed by atoms with E-state index in [1.807, 2.05) is 19.0 Å². The molecular formula is C17H23F2NO. The molecule has 2 rings (SSSR count). The maximum absolute atomic E-state index is 13.3. The predicted octanol–water partition coefficient (Wildman–Crippen LogP) is 3.59. The lowest BCUT2D eigenvalue weighted by Gasteiger charge is -2.44. The largest absolute Gasteiger partial charge is 0.297 e. The van der Waals surface area contributed by atoms with E-state index in [0.29, 0.717) is 11.5 Å². The minimum Gasteiger partial charge on any atom is -0.297 e. The molecule has 2 unspecified atom stereocenters. The van der Waals surface area contributed by atoms with E-state index in [2.05, 4.69) is 6.92 Å². The second-order valence-corrected chi connectivity index (χ2v) is 6.48. The van der Waals surface area contributed by atoms with Gasteiger partial charge in [-0.05, 0) is 50.6 Å². The second-order valence-electron chi connectivity index (χ2n) is 6.48. The zero-order chi connectivity index (χ0) is 15.6. The zero-order valence-electron chi connectivity index (χ0n) is 13.0. The minimum absolute atomic E-state index is 0.102. The standard InChI is InChI=1S/C17H23F2NO/c1-12-5-4-8-17(11-12,20(2)3)16(21)10-13-6-7-14(18)15(19)9-13/h6-7,9,12H,4-5,8,10-11H2,1-3H3. The molecule has 1 aliphatic carbocycles. The van der Waals surface area contributed by atoms with Gasteiger partial charge in [-0.15, -0.1) is 0 Å². The van der Waals surface area contributed by atoms with Gasteiger partial charge in [0.2, 0.25) is 0 Å². The fourth-order valence-electron chi connectivity index (χ4n) is 3.43. The van der Waals surface area contributed by atoms with Crippen LogP contribution in [0.1, 0.15) is 38.2 Å². The third-order valence-corrected chi connectivity index (χ3v) is 4.70. The Hall–Kier alpha value is -1.29. The van der Waals surface area contributed by atoms with E-state index in [1.54, 1.807) is 0 Å². The Balaban J connectivity index is 2.21. The number of nitrogens with zero attached hydrogens (tertiary/aromatic N) is 1. The van der Waals surface area contributed by atoms with E-state index >= 15 is 0 Å². The first-order chi connectivity index (χ1) is 9.85. The summed E-state index contributed by atoms with van der Waals surface area (Å²) in [6.45, 7) is 2.17. The highest BCUT2D eigenvalue weighted by atomic mass is 19.2. The monoisotopic (exact) mass is 295 g/mol. The lowest BCUT2D eigenvalue weighted by atomic mass is 9.72. The molecule has 0 radical (unpaired) electrons. The van der Waals surface area contributed by atoms with Crippen molar-refractivity contribution < 1.29 is 13.6 Å². The average Bonchev–Trinajstić information content (AvgIpc) is 2.42. The molecule has 0 amide bonds. The van der Waals surface area contributed by atoms with Gasteiger partial charge in [-0.1, -0.05) is 25.8 Å². The fourth-order valence-corrected chi connectivity index (χ4v) is 3.43. The lowest BCUT2D eigenvalue weighted by Crippen LogP contribution is -2.54. The first kappa shape index (κ1) is 16.1. The van der Waals surface area contributed by atoms with Crippen molar-refractivity contribution in [3.8, 4) is 0 Å². The molecule has 1 fully saturated rings. The summed E-state index contributed by atoms with van der Waals surface area (Å²) in [6, 6.07) is 3.71. The van der Waals surface area contributed by atoms with Crippen LogP contribution in [0.4, 0.5) is 8.78 Å². The zero-order valence-corrected chi connectivity index (χ0v) is 13.0. The van der Waals surface area contributed by atoms with Crippen molar-refractivity contribution in [1.29, 1.82) is 0 Å². The number of hydrogen-bond acceptors (Lipinski definition) is 2. The molecule has 0 aromatic heterocycles. The third kappa shape index (κ3) is 3.31. The molecule has 0 spiro atoms. The molecular weight excluding hydrogens is 272 g/mol. The minimum atomic E-state index is -0.892. The number of likely N-dealkylation sites (N-methyl/N-ethyl adjacent to an activating group) is 1. The first-order valence-electron chi connectivity index (χ1n) is 7.50. The maximum Gasteiger partial charge on any atom is 0.159 e. The third-order valence-electron chi connectivity index (χ3n) is 4.70. The van der Waals surface area contributed by atoms with E-state index in [0.717, 1.165) is 37.8 Å². The number of carbonyl (C=O) groups is 1. The Kier molecular flexibility index (Phi) is 4.77. The van der Waals surface area contributed by atoms with Crippen LogP contribution >= 0.6 is 0 Å². The number of carbonyl (C=O) groups excluding carboxylic acids is 1. The van der Waals surface area contributed by atoms with Gasteiger partial charge in [0.05, 0.1) is 5.54 Å². The van der Waals surface area contributed by atoms with Gasteiger partial charge in [0.1, 0.15) is 0 Å². The molecule has 0 heterocycles. The highest BCUT2D eigenvalue weighted by molar-refractivity contribution is 5.90. The molecule has 1 aliphatic rings. The Morgan fingerprint density at radius 2 is 2.05 bits per heavy atom. The number of Topliss-reactive ketones (excluding diaryl/α,β-unsaturated/α-hetero) is 1. The quantitative estimate of drug-likeness (QED) is 0.846. The van der Waals surface area contributed by atoms with Gasteiger partial charge in [0.25, 0.3) is 0 Å². The van der Waals surface area contributed by atoms with Crippen LogP contribution < -0.4 is 0 Å². The number of rotatable bonds is 4. The van der Waals surface area contributed by atoms with Gasteiger partial charge in [0.15, 0.2) is 17.4 Å². The Morgan fingerprint density at radius 1 is 1.33 bits per heavy atom. The summed E-state index contributed by atoms with van der Waals surface area (Å²) in [7, 11) is 3.86. The van der Waals surface area contributed by atoms with Crippen LogP contribution in [-0.2, 0) is 11.2 Å². The molecule has 1 aromatic rings. The predicted molar refractivity (Wildman–Crippen MR) is 79.1 cm³/mol. The van der Waals surface area contributed by atoms with Crippen LogP contribution in [-0.4, -0.2) is 30.3 Å². The molecule has 1 saturated carbocycles. The summed E-state index contributed by atoms with van der Waals surface area (Å²) < 4.78 is 26.3. The van der Waals surface area contributed by atoms with Crippen molar-refractivity contribution in [2.45, 2.75) is 44.6 Å².